The second kappa shape index (κ2) is 3.27. The fraction of sp³-hybridized carbons (Fsp3) is 0.667. The molecule has 66 valence electrons. The molecule has 0 saturated carbocycles. The van der Waals surface area contributed by atoms with Crippen molar-refractivity contribution in [3.8, 4) is 0 Å². The Kier molecular flexibility index (Phi) is 2.13. The summed E-state index contributed by atoms with van der Waals surface area (Å²) in [6.45, 7) is 0.755. The fourth-order valence-corrected chi connectivity index (χ4v) is 1.74. The van der Waals surface area contributed by atoms with Crippen molar-refractivity contribution in [3.05, 3.63) is 17.2 Å². The summed E-state index contributed by atoms with van der Waals surface area (Å²) in [4.78, 5) is 7.88. The number of nitrogens with two attached hydrogens (primary N) is 1. The summed E-state index contributed by atoms with van der Waals surface area (Å²) in [6.07, 6.45) is 5.65. The number of rotatable bonds is 3. The van der Waals surface area contributed by atoms with E-state index in [1.807, 2.05) is 0 Å². The van der Waals surface area contributed by atoms with E-state index >= 15 is 0 Å². The van der Waals surface area contributed by atoms with E-state index in [9.17, 15) is 0 Å². The number of aromatic amines is 1. The summed E-state index contributed by atoms with van der Waals surface area (Å²) >= 11 is 0. The van der Waals surface area contributed by atoms with Crippen molar-refractivity contribution in [1.29, 1.82) is 0 Å². The molecule has 3 nitrogen and oxygen atoms in total. The first kappa shape index (κ1) is 7.80. The molecule has 0 radical (unpaired) electrons. The average molecular weight is 165 g/mol. The van der Waals surface area contributed by atoms with E-state index in [1.54, 1.807) is 0 Å². The molecule has 0 spiro atoms. The number of aryl methyl sites for hydroxylation is 3. The first-order valence-electron chi connectivity index (χ1n) is 4.67. The summed E-state index contributed by atoms with van der Waals surface area (Å²) in [5, 5.41) is 0. The molecule has 1 aliphatic carbocycles. The van der Waals surface area contributed by atoms with Crippen molar-refractivity contribution >= 4 is 0 Å². The summed E-state index contributed by atoms with van der Waals surface area (Å²) in [5.41, 5.74) is 8.08. The number of imidazole rings is 1. The van der Waals surface area contributed by atoms with Gasteiger partial charge in [-0.2, -0.15) is 0 Å². The molecule has 0 bridgehead atoms. The Bertz CT molecular complexity index is 243. The Morgan fingerprint density at radius 3 is 3.08 bits per heavy atom. The van der Waals surface area contributed by atoms with Gasteiger partial charge in [0.1, 0.15) is 5.82 Å². The molecule has 1 aromatic rings. The molecule has 0 saturated heterocycles. The third-order valence-electron chi connectivity index (χ3n) is 2.37. The van der Waals surface area contributed by atoms with Gasteiger partial charge in [-0.05, 0) is 32.2 Å². The van der Waals surface area contributed by atoms with Crippen LogP contribution in [0.2, 0.25) is 0 Å². The molecule has 12 heavy (non-hydrogen) atoms. The van der Waals surface area contributed by atoms with Crippen LogP contribution >= 0.6 is 0 Å². The molecule has 1 aliphatic rings. The van der Waals surface area contributed by atoms with Gasteiger partial charge in [0.2, 0.25) is 0 Å². The topological polar surface area (TPSA) is 54.7 Å². The van der Waals surface area contributed by atoms with E-state index in [1.165, 1.54) is 24.2 Å². The molecule has 0 aromatic carbocycles. The Labute approximate surface area is 72.4 Å². The van der Waals surface area contributed by atoms with Gasteiger partial charge in [0.05, 0.1) is 5.69 Å². The van der Waals surface area contributed by atoms with Gasteiger partial charge in [0.15, 0.2) is 0 Å². The largest absolute Gasteiger partial charge is 0.346 e. The van der Waals surface area contributed by atoms with Crippen molar-refractivity contribution in [2.24, 2.45) is 5.73 Å². The van der Waals surface area contributed by atoms with Crippen LogP contribution in [0.15, 0.2) is 0 Å². The van der Waals surface area contributed by atoms with Gasteiger partial charge >= 0.3 is 0 Å². The zero-order valence-electron chi connectivity index (χ0n) is 7.27. The normalized spacial score (nSPS) is 15.1. The lowest BCUT2D eigenvalue weighted by Gasteiger charge is -1.93. The van der Waals surface area contributed by atoms with E-state index in [0.717, 1.165) is 31.6 Å². The molecule has 1 heterocycles. The molecule has 0 unspecified atom stereocenters. The predicted octanol–water partition coefficient (Wildman–Crippen LogP) is 0.790. The van der Waals surface area contributed by atoms with Crippen LogP contribution in [0.4, 0.5) is 0 Å². The standard InChI is InChI=1S/C9H15N3/c10-6-2-5-9-11-7-3-1-4-8(7)12-9/h1-6,10H2,(H,11,12). The minimum atomic E-state index is 0.755. The van der Waals surface area contributed by atoms with Gasteiger partial charge in [-0.25, -0.2) is 4.98 Å². The lowest BCUT2D eigenvalue weighted by Crippen LogP contribution is -2.01. The van der Waals surface area contributed by atoms with E-state index in [0.29, 0.717) is 0 Å². The zero-order valence-corrected chi connectivity index (χ0v) is 7.27. The molecule has 1 aromatic heterocycles. The van der Waals surface area contributed by atoms with Crippen molar-refractivity contribution < 1.29 is 0 Å². The van der Waals surface area contributed by atoms with E-state index in [-0.39, 0.29) is 0 Å². The molecular formula is C9H15N3. The van der Waals surface area contributed by atoms with Crippen molar-refractivity contribution in [1.82, 2.24) is 9.97 Å². The maximum absolute atomic E-state index is 5.43. The summed E-state index contributed by atoms with van der Waals surface area (Å²) in [7, 11) is 0. The zero-order chi connectivity index (χ0) is 8.39. The Morgan fingerprint density at radius 1 is 1.42 bits per heavy atom. The monoisotopic (exact) mass is 165 g/mol. The van der Waals surface area contributed by atoms with Gasteiger partial charge in [-0.3, -0.25) is 0 Å². The molecular weight excluding hydrogens is 150 g/mol. The highest BCUT2D eigenvalue weighted by molar-refractivity contribution is 5.19. The lowest BCUT2D eigenvalue weighted by molar-refractivity contribution is 0.774. The van der Waals surface area contributed by atoms with Gasteiger partial charge in [-0.15, -0.1) is 0 Å². The maximum atomic E-state index is 5.43. The highest BCUT2D eigenvalue weighted by atomic mass is 14.9. The minimum absolute atomic E-state index is 0.755. The van der Waals surface area contributed by atoms with E-state index in [2.05, 4.69) is 9.97 Å². The van der Waals surface area contributed by atoms with Crippen LogP contribution in [0.1, 0.15) is 30.1 Å². The maximum Gasteiger partial charge on any atom is 0.106 e. The molecule has 0 atom stereocenters. The molecule has 3 heteroatoms. The quantitative estimate of drug-likeness (QED) is 0.695. The van der Waals surface area contributed by atoms with Crippen molar-refractivity contribution in [2.75, 3.05) is 6.54 Å². The van der Waals surface area contributed by atoms with Gasteiger partial charge in [-0.1, -0.05) is 0 Å². The summed E-state index contributed by atoms with van der Waals surface area (Å²) in [5.74, 6) is 1.13. The van der Waals surface area contributed by atoms with Crippen LogP contribution in [0.25, 0.3) is 0 Å². The number of hydrogen-bond donors (Lipinski definition) is 2. The molecule has 0 aliphatic heterocycles. The highest BCUT2D eigenvalue weighted by Crippen LogP contribution is 2.19. The van der Waals surface area contributed by atoms with E-state index in [4.69, 9.17) is 5.73 Å². The second-order valence-corrected chi connectivity index (χ2v) is 3.35. The van der Waals surface area contributed by atoms with Crippen molar-refractivity contribution in [2.45, 2.75) is 32.1 Å². The number of nitrogens with zero attached hydrogens (tertiary/aromatic N) is 1. The Hall–Kier alpha value is -0.830. The van der Waals surface area contributed by atoms with Crippen LogP contribution in [-0.4, -0.2) is 16.5 Å². The van der Waals surface area contributed by atoms with Crippen LogP contribution in [-0.2, 0) is 19.3 Å². The molecule has 3 N–H and O–H groups in total. The van der Waals surface area contributed by atoms with Crippen LogP contribution in [0.5, 0.6) is 0 Å². The predicted molar refractivity (Wildman–Crippen MR) is 48.0 cm³/mol. The molecule has 0 amide bonds. The van der Waals surface area contributed by atoms with Crippen LogP contribution in [0, 0.1) is 0 Å². The number of aromatic nitrogens is 2. The van der Waals surface area contributed by atoms with Crippen LogP contribution in [0.3, 0.4) is 0 Å². The highest BCUT2D eigenvalue weighted by Gasteiger charge is 2.14. The number of H-pyrrole nitrogens is 1. The Balaban J connectivity index is 2.05. The lowest BCUT2D eigenvalue weighted by atomic mass is 10.3. The third kappa shape index (κ3) is 1.37. The summed E-state index contributed by atoms with van der Waals surface area (Å²) < 4.78 is 0. The third-order valence-corrected chi connectivity index (χ3v) is 2.37. The Morgan fingerprint density at radius 2 is 2.33 bits per heavy atom. The fourth-order valence-electron chi connectivity index (χ4n) is 1.74. The van der Waals surface area contributed by atoms with E-state index < -0.39 is 0 Å². The van der Waals surface area contributed by atoms with Gasteiger partial charge < -0.3 is 10.7 Å². The number of nitrogens with one attached hydrogen (secondary N) is 1. The minimum Gasteiger partial charge on any atom is -0.346 e. The van der Waals surface area contributed by atoms with Crippen molar-refractivity contribution in [3.63, 3.8) is 0 Å². The molecule has 0 fully saturated rings. The van der Waals surface area contributed by atoms with Gasteiger partial charge in [0, 0.05) is 12.1 Å². The average Bonchev–Trinajstić information content (AvgIpc) is 2.58. The van der Waals surface area contributed by atoms with Crippen LogP contribution < -0.4 is 5.73 Å². The SMILES string of the molecule is NCCCc1nc2c([nH]1)CCC2. The second-order valence-electron chi connectivity index (χ2n) is 3.35. The molecule has 2 rings (SSSR count). The first-order chi connectivity index (χ1) is 5.90. The smallest absolute Gasteiger partial charge is 0.106 e. The number of fused-ring (bicyclic) bond motifs is 1. The summed E-state index contributed by atoms with van der Waals surface area (Å²) in [6, 6.07) is 0. The first-order valence-corrected chi connectivity index (χ1v) is 4.67. The number of hydrogen-bond acceptors (Lipinski definition) is 2. The van der Waals surface area contributed by atoms with Gasteiger partial charge in [0.25, 0.3) is 0 Å².